The predicted octanol–water partition coefficient (Wildman–Crippen LogP) is 7.67. The number of hydrogen-bond donors (Lipinski definition) is 0. The van der Waals surface area contributed by atoms with Crippen molar-refractivity contribution in [3.63, 3.8) is 0 Å². The van der Waals surface area contributed by atoms with Crippen LogP contribution >= 0.6 is 0 Å². The summed E-state index contributed by atoms with van der Waals surface area (Å²) in [5.74, 6) is 1.71. The Kier molecular flexibility index (Phi) is 6.96. The van der Waals surface area contributed by atoms with Crippen molar-refractivity contribution >= 4 is 21.5 Å². The normalized spacial score (nSPS) is 12.7. The van der Waals surface area contributed by atoms with Gasteiger partial charge in [0.05, 0.1) is 40.6 Å². The first-order valence-corrected chi connectivity index (χ1v) is 13.1. The molecule has 0 saturated carbocycles. The molecule has 6 rings (SSSR count). The number of hydrogen-bond acceptors (Lipinski definition) is 5. The fourth-order valence-corrected chi connectivity index (χ4v) is 6.13. The Morgan fingerprint density at radius 3 is 1.33 bits per heavy atom. The Morgan fingerprint density at radius 1 is 0.538 bits per heavy atom. The number of fused-ring (bicyclic) bond motifs is 3. The number of methoxy groups -OCH3 is 4. The lowest BCUT2D eigenvalue weighted by Crippen LogP contribution is -2.09. The highest BCUT2D eigenvalue weighted by atomic mass is 16.5. The molecule has 39 heavy (non-hydrogen) atoms. The summed E-state index contributed by atoms with van der Waals surface area (Å²) in [7, 11) is 6.93. The summed E-state index contributed by atoms with van der Waals surface area (Å²) < 4.78 is 29.3. The van der Waals surface area contributed by atoms with Crippen LogP contribution in [0.4, 0.5) is 0 Å². The molecule has 0 unspecified atom stereocenters. The molecule has 0 saturated heterocycles. The van der Waals surface area contributed by atoms with E-state index in [1.165, 1.54) is 11.1 Å². The van der Waals surface area contributed by atoms with Crippen LogP contribution in [0.25, 0.3) is 43.8 Å². The highest BCUT2D eigenvalue weighted by molar-refractivity contribution is 6.05. The van der Waals surface area contributed by atoms with Crippen LogP contribution in [0.15, 0.2) is 72.8 Å². The minimum Gasteiger partial charge on any atom is -0.496 e. The third kappa shape index (κ3) is 4.14. The van der Waals surface area contributed by atoms with Crippen molar-refractivity contribution in [1.82, 2.24) is 0 Å². The first-order valence-electron chi connectivity index (χ1n) is 13.1. The minimum absolute atomic E-state index is 0.447. The maximum Gasteiger partial charge on any atom is 0.126 e. The van der Waals surface area contributed by atoms with Gasteiger partial charge < -0.3 is 23.7 Å². The Bertz CT molecular complexity index is 1560. The topological polar surface area (TPSA) is 46.2 Å². The molecule has 0 aromatic heterocycles. The highest BCUT2D eigenvalue weighted by Gasteiger charge is 2.30. The smallest absolute Gasteiger partial charge is 0.126 e. The van der Waals surface area contributed by atoms with Gasteiger partial charge in [-0.3, -0.25) is 0 Å². The van der Waals surface area contributed by atoms with Gasteiger partial charge in [0, 0.05) is 25.0 Å². The van der Waals surface area contributed by atoms with Crippen molar-refractivity contribution in [2.75, 3.05) is 28.4 Å². The van der Waals surface area contributed by atoms with Crippen LogP contribution in [-0.4, -0.2) is 28.4 Å². The summed E-state index contributed by atoms with van der Waals surface area (Å²) in [6.45, 7) is 1.97. The van der Waals surface area contributed by atoms with E-state index in [0.717, 1.165) is 66.4 Å². The Labute approximate surface area is 228 Å². The number of rotatable bonds is 8. The molecule has 5 nitrogen and oxygen atoms in total. The van der Waals surface area contributed by atoms with Crippen LogP contribution < -0.4 is 9.47 Å². The molecule has 5 heteroatoms. The van der Waals surface area contributed by atoms with Crippen LogP contribution in [0, 0.1) is 0 Å². The van der Waals surface area contributed by atoms with Gasteiger partial charge in [0.15, 0.2) is 0 Å². The number of ether oxygens (including phenoxy) is 5. The molecule has 0 spiro atoms. The van der Waals surface area contributed by atoms with Crippen LogP contribution in [0.1, 0.15) is 22.3 Å². The lowest BCUT2D eigenvalue weighted by molar-refractivity contribution is 0.134. The molecule has 0 radical (unpaired) electrons. The fourth-order valence-electron chi connectivity index (χ4n) is 6.13. The van der Waals surface area contributed by atoms with E-state index in [1.807, 2.05) is 12.1 Å². The van der Waals surface area contributed by atoms with Gasteiger partial charge in [-0.2, -0.15) is 0 Å². The van der Waals surface area contributed by atoms with E-state index in [4.69, 9.17) is 23.7 Å². The summed E-state index contributed by atoms with van der Waals surface area (Å²) in [4.78, 5) is 0. The molecule has 0 amide bonds. The molecule has 1 aliphatic rings. The zero-order chi connectivity index (χ0) is 26.9. The van der Waals surface area contributed by atoms with Crippen LogP contribution in [0.2, 0.25) is 0 Å². The van der Waals surface area contributed by atoms with Gasteiger partial charge in [-0.15, -0.1) is 0 Å². The maximum atomic E-state index is 6.19. The summed E-state index contributed by atoms with van der Waals surface area (Å²) in [5, 5.41) is 4.42. The predicted molar refractivity (Wildman–Crippen MR) is 155 cm³/mol. The van der Waals surface area contributed by atoms with Crippen molar-refractivity contribution < 1.29 is 23.7 Å². The molecule has 0 N–H and O–H groups in total. The molecule has 0 bridgehead atoms. The SMILES string of the molecule is COCc1c(COC)c(-c2ccc(OC)c3ccccc23)c2c(c1-c1ccc(OC)c3ccccc13)COC2. The second-order valence-corrected chi connectivity index (χ2v) is 9.74. The van der Waals surface area contributed by atoms with E-state index < -0.39 is 0 Å². The highest BCUT2D eigenvalue weighted by Crippen LogP contribution is 2.48. The molecule has 5 aromatic rings. The molecule has 198 valence electrons. The van der Waals surface area contributed by atoms with Gasteiger partial charge in [-0.05, 0) is 67.4 Å². The first kappa shape index (κ1) is 25.4. The standard InChI is InChI=1S/C34H32O5/c1-35-17-27-28(18-36-2)34(26-14-16-32(38-4)24-12-8-6-10-22(24)26)30-20-39-19-29(30)33(27)25-13-15-31(37-3)23-11-7-5-9-21(23)25/h5-16H,17-20H2,1-4H3. The van der Waals surface area contributed by atoms with Crippen molar-refractivity contribution in [3.05, 3.63) is 95.1 Å². The molecular weight excluding hydrogens is 488 g/mol. The monoisotopic (exact) mass is 520 g/mol. The second kappa shape index (κ2) is 10.7. The molecule has 0 atom stereocenters. The van der Waals surface area contributed by atoms with E-state index in [2.05, 4.69) is 60.7 Å². The summed E-state index contributed by atoms with van der Waals surface area (Å²) >= 11 is 0. The summed E-state index contributed by atoms with van der Waals surface area (Å²) in [6.07, 6.45) is 0. The zero-order valence-electron chi connectivity index (χ0n) is 22.8. The van der Waals surface area contributed by atoms with Crippen molar-refractivity contribution in [1.29, 1.82) is 0 Å². The van der Waals surface area contributed by atoms with Crippen molar-refractivity contribution in [2.45, 2.75) is 26.4 Å². The largest absolute Gasteiger partial charge is 0.496 e. The summed E-state index contributed by atoms with van der Waals surface area (Å²) in [5.41, 5.74) is 9.25. The molecule has 0 aliphatic carbocycles. The second-order valence-electron chi connectivity index (χ2n) is 9.74. The Hall–Kier alpha value is -3.90. The lowest BCUT2D eigenvalue weighted by atomic mass is 9.80. The third-order valence-corrected chi connectivity index (χ3v) is 7.75. The van der Waals surface area contributed by atoms with E-state index in [1.54, 1.807) is 28.4 Å². The van der Waals surface area contributed by atoms with E-state index in [9.17, 15) is 0 Å². The van der Waals surface area contributed by atoms with Gasteiger partial charge >= 0.3 is 0 Å². The van der Waals surface area contributed by atoms with Gasteiger partial charge in [0.2, 0.25) is 0 Å². The van der Waals surface area contributed by atoms with E-state index >= 15 is 0 Å². The Balaban J connectivity index is 1.74. The molecule has 5 aromatic carbocycles. The van der Waals surface area contributed by atoms with Gasteiger partial charge in [-0.25, -0.2) is 0 Å². The quantitative estimate of drug-likeness (QED) is 0.210. The molecule has 0 fully saturated rings. The zero-order valence-corrected chi connectivity index (χ0v) is 22.8. The fraction of sp³-hybridized carbons (Fsp3) is 0.235. The van der Waals surface area contributed by atoms with Crippen LogP contribution in [0.5, 0.6) is 11.5 Å². The lowest BCUT2D eigenvalue weighted by Gasteiger charge is -2.25. The first-order chi connectivity index (χ1) is 19.2. The van der Waals surface area contributed by atoms with E-state index in [0.29, 0.717) is 26.4 Å². The van der Waals surface area contributed by atoms with Gasteiger partial charge in [-0.1, -0.05) is 60.7 Å². The van der Waals surface area contributed by atoms with Gasteiger partial charge in [0.25, 0.3) is 0 Å². The van der Waals surface area contributed by atoms with Crippen LogP contribution in [0.3, 0.4) is 0 Å². The maximum absolute atomic E-state index is 6.19. The molecule has 1 heterocycles. The van der Waals surface area contributed by atoms with Crippen LogP contribution in [-0.2, 0) is 40.6 Å². The number of benzene rings is 5. The molecular formula is C34H32O5. The minimum atomic E-state index is 0.447. The average molecular weight is 521 g/mol. The average Bonchev–Trinajstić information content (AvgIpc) is 3.46. The third-order valence-electron chi connectivity index (χ3n) is 7.75. The summed E-state index contributed by atoms with van der Waals surface area (Å²) in [6, 6.07) is 25.2. The van der Waals surface area contributed by atoms with E-state index in [-0.39, 0.29) is 0 Å². The van der Waals surface area contributed by atoms with Crippen molar-refractivity contribution in [3.8, 4) is 33.8 Å². The van der Waals surface area contributed by atoms with Crippen molar-refractivity contribution in [2.24, 2.45) is 0 Å². The Morgan fingerprint density at radius 2 is 0.949 bits per heavy atom. The van der Waals surface area contributed by atoms with Gasteiger partial charge in [0.1, 0.15) is 11.5 Å². The molecule has 1 aliphatic heterocycles.